The molecule has 0 aromatic heterocycles. The van der Waals surface area contributed by atoms with Gasteiger partial charge in [-0.3, -0.25) is 0 Å². The summed E-state index contributed by atoms with van der Waals surface area (Å²) in [6.07, 6.45) is 13.8. The van der Waals surface area contributed by atoms with E-state index in [1.165, 1.54) is 64.2 Å². The first-order valence-corrected chi connectivity index (χ1v) is 7.32. The second-order valence-electron chi connectivity index (χ2n) is 5.93. The molecule has 0 spiro atoms. The Bertz CT molecular complexity index is 140. The lowest BCUT2D eigenvalue weighted by Gasteiger charge is -2.24. The molecule has 0 aromatic rings. The number of unbranched alkanes of at least 4 members (excludes halogenated alkanes) is 6. The third kappa shape index (κ3) is 10.5. The van der Waals surface area contributed by atoms with Crippen LogP contribution in [-0.4, -0.2) is 6.54 Å². The van der Waals surface area contributed by atoms with Crippen molar-refractivity contribution in [3.05, 3.63) is 0 Å². The van der Waals surface area contributed by atoms with Crippen LogP contribution in [0.2, 0.25) is 0 Å². The van der Waals surface area contributed by atoms with E-state index in [9.17, 15) is 0 Å². The van der Waals surface area contributed by atoms with Crippen LogP contribution in [0.25, 0.3) is 0 Å². The summed E-state index contributed by atoms with van der Waals surface area (Å²) < 4.78 is 0. The van der Waals surface area contributed by atoms with Gasteiger partial charge >= 0.3 is 0 Å². The van der Waals surface area contributed by atoms with Gasteiger partial charge in [-0.2, -0.15) is 0 Å². The largest absolute Gasteiger partial charge is 0.330 e. The van der Waals surface area contributed by atoms with Gasteiger partial charge in [-0.15, -0.1) is 0 Å². The van der Waals surface area contributed by atoms with Crippen LogP contribution >= 0.6 is 0 Å². The van der Waals surface area contributed by atoms with Crippen LogP contribution in [0.3, 0.4) is 0 Å². The molecule has 0 fully saturated rings. The molecular formula is C15H33N. The second kappa shape index (κ2) is 10.1. The van der Waals surface area contributed by atoms with Crippen LogP contribution in [0, 0.1) is 5.41 Å². The Morgan fingerprint density at radius 3 is 1.81 bits per heavy atom. The fourth-order valence-electron chi connectivity index (χ4n) is 2.27. The molecule has 0 saturated carbocycles. The average Bonchev–Trinajstić information content (AvgIpc) is 2.25. The van der Waals surface area contributed by atoms with Crippen LogP contribution in [0.4, 0.5) is 0 Å². The van der Waals surface area contributed by atoms with Crippen molar-refractivity contribution in [2.24, 2.45) is 11.1 Å². The molecule has 0 radical (unpaired) electrons. The molecule has 2 N–H and O–H groups in total. The molecule has 0 amide bonds. The maximum absolute atomic E-state index is 5.56. The van der Waals surface area contributed by atoms with Gasteiger partial charge in [0.05, 0.1) is 0 Å². The number of hydrogen-bond acceptors (Lipinski definition) is 1. The predicted octanol–water partition coefficient (Wildman–Crippen LogP) is 4.89. The van der Waals surface area contributed by atoms with Gasteiger partial charge < -0.3 is 5.73 Å². The lowest BCUT2D eigenvalue weighted by Crippen LogP contribution is -2.13. The van der Waals surface area contributed by atoms with Crippen molar-refractivity contribution >= 4 is 0 Å². The average molecular weight is 227 g/mol. The number of hydrogen-bond donors (Lipinski definition) is 1. The summed E-state index contributed by atoms with van der Waals surface area (Å²) in [6, 6.07) is 0. The third-order valence-corrected chi connectivity index (χ3v) is 3.51. The topological polar surface area (TPSA) is 26.0 Å². The number of nitrogens with two attached hydrogens (primary N) is 1. The number of rotatable bonds is 11. The van der Waals surface area contributed by atoms with E-state index >= 15 is 0 Å². The van der Waals surface area contributed by atoms with Crippen LogP contribution in [0.5, 0.6) is 0 Å². The second-order valence-corrected chi connectivity index (χ2v) is 5.93. The minimum Gasteiger partial charge on any atom is -0.330 e. The maximum Gasteiger partial charge on any atom is -0.00771 e. The Morgan fingerprint density at radius 2 is 1.25 bits per heavy atom. The van der Waals surface area contributed by atoms with Crippen LogP contribution in [0.15, 0.2) is 0 Å². The molecule has 98 valence electrons. The van der Waals surface area contributed by atoms with Gasteiger partial charge in [-0.25, -0.2) is 0 Å². The van der Waals surface area contributed by atoms with Crippen molar-refractivity contribution < 1.29 is 0 Å². The zero-order chi connectivity index (χ0) is 12.3. The highest BCUT2D eigenvalue weighted by Crippen LogP contribution is 2.29. The normalized spacial score (nSPS) is 12.0. The van der Waals surface area contributed by atoms with Gasteiger partial charge in [-0.05, 0) is 31.2 Å². The van der Waals surface area contributed by atoms with E-state index in [1.807, 2.05) is 0 Å². The van der Waals surface area contributed by atoms with Crippen LogP contribution in [0.1, 0.15) is 85.0 Å². The van der Waals surface area contributed by atoms with E-state index in [2.05, 4.69) is 20.8 Å². The third-order valence-electron chi connectivity index (χ3n) is 3.51. The Kier molecular flexibility index (Phi) is 10.1. The summed E-state index contributed by atoms with van der Waals surface area (Å²) in [4.78, 5) is 0. The molecular weight excluding hydrogens is 194 g/mol. The van der Waals surface area contributed by atoms with Crippen molar-refractivity contribution in [1.29, 1.82) is 0 Å². The molecule has 0 saturated heterocycles. The SMILES string of the molecule is CCCCCCCCCC(C)(C)CCCN. The summed E-state index contributed by atoms with van der Waals surface area (Å²) in [5.74, 6) is 0. The molecule has 1 nitrogen and oxygen atoms in total. The van der Waals surface area contributed by atoms with E-state index in [0.29, 0.717) is 5.41 Å². The van der Waals surface area contributed by atoms with Crippen LogP contribution < -0.4 is 5.73 Å². The lowest BCUT2D eigenvalue weighted by molar-refractivity contribution is 0.288. The predicted molar refractivity (Wildman–Crippen MR) is 74.7 cm³/mol. The highest BCUT2D eigenvalue weighted by molar-refractivity contribution is 4.68. The molecule has 0 atom stereocenters. The molecule has 0 rings (SSSR count). The Morgan fingerprint density at radius 1 is 0.750 bits per heavy atom. The maximum atomic E-state index is 5.56. The van der Waals surface area contributed by atoms with E-state index in [4.69, 9.17) is 5.73 Å². The van der Waals surface area contributed by atoms with Crippen molar-refractivity contribution in [2.45, 2.75) is 85.0 Å². The highest BCUT2D eigenvalue weighted by Gasteiger charge is 2.15. The van der Waals surface area contributed by atoms with Crippen molar-refractivity contribution in [3.63, 3.8) is 0 Å². The lowest BCUT2D eigenvalue weighted by atomic mass is 9.82. The molecule has 0 aromatic carbocycles. The van der Waals surface area contributed by atoms with E-state index in [-0.39, 0.29) is 0 Å². The van der Waals surface area contributed by atoms with Gasteiger partial charge in [0.25, 0.3) is 0 Å². The van der Waals surface area contributed by atoms with E-state index in [0.717, 1.165) is 6.54 Å². The van der Waals surface area contributed by atoms with E-state index in [1.54, 1.807) is 0 Å². The summed E-state index contributed by atoms with van der Waals surface area (Å²) in [7, 11) is 0. The van der Waals surface area contributed by atoms with Crippen molar-refractivity contribution in [2.75, 3.05) is 6.54 Å². The van der Waals surface area contributed by atoms with Crippen molar-refractivity contribution in [3.8, 4) is 0 Å². The van der Waals surface area contributed by atoms with Gasteiger partial charge in [0.1, 0.15) is 0 Å². The van der Waals surface area contributed by atoms with Gasteiger partial charge in [0.2, 0.25) is 0 Å². The van der Waals surface area contributed by atoms with E-state index < -0.39 is 0 Å². The Balaban J connectivity index is 3.29. The standard InChI is InChI=1S/C15H33N/c1-4-5-6-7-8-9-10-12-15(2,3)13-11-14-16/h4-14,16H2,1-3H3. The molecule has 1 heteroatoms. The summed E-state index contributed by atoms with van der Waals surface area (Å²) in [5, 5.41) is 0. The fourth-order valence-corrected chi connectivity index (χ4v) is 2.27. The quantitative estimate of drug-likeness (QED) is 0.500. The summed E-state index contributed by atoms with van der Waals surface area (Å²) >= 11 is 0. The molecule has 0 heterocycles. The molecule has 0 aliphatic rings. The zero-order valence-electron chi connectivity index (χ0n) is 11.9. The zero-order valence-corrected chi connectivity index (χ0v) is 11.9. The fraction of sp³-hybridized carbons (Fsp3) is 1.00. The van der Waals surface area contributed by atoms with Gasteiger partial charge in [0, 0.05) is 0 Å². The van der Waals surface area contributed by atoms with Gasteiger partial charge in [0.15, 0.2) is 0 Å². The molecule has 0 aliphatic heterocycles. The van der Waals surface area contributed by atoms with Gasteiger partial charge in [-0.1, -0.05) is 65.7 Å². The monoisotopic (exact) mass is 227 g/mol. The minimum atomic E-state index is 0.517. The summed E-state index contributed by atoms with van der Waals surface area (Å²) in [6.45, 7) is 7.90. The first kappa shape index (κ1) is 16.0. The smallest absolute Gasteiger partial charge is 0.00771 e. The summed E-state index contributed by atoms with van der Waals surface area (Å²) in [5.41, 5.74) is 6.08. The Hall–Kier alpha value is -0.0400. The Labute approximate surface area is 103 Å². The van der Waals surface area contributed by atoms with Crippen molar-refractivity contribution in [1.82, 2.24) is 0 Å². The molecule has 16 heavy (non-hydrogen) atoms. The van der Waals surface area contributed by atoms with Crippen LogP contribution in [-0.2, 0) is 0 Å². The first-order valence-electron chi connectivity index (χ1n) is 7.32. The highest BCUT2D eigenvalue weighted by atomic mass is 14.5. The molecule has 0 bridgehead atoms. The minimum absolute atomic E-state index is 0.517. The first-order chi connectivity index (χ1) is 7.62. The molecule has 0 aliphatic carbocycles. The molecule has 0 unspecified atom stereocenters.